The normalized spacial score (nSPS) is 13.6. The second-order valence-corrected chi connectivity index (χ2v) is 9.83. The number of carbonyl (C=O) groups is 1. The van der Waals surface area contributed by atoms with Gasteiger partial charge in [0, 0.05) is 12.5 Å². The van der Waals surface area contributed by atoms with E-state index < -0.39 is 6.09 Å². The molecule has 4 aromatic rings. The summed E-state index contributed by atoms with van der Waals surface area (Å²) in [4.78, 5) is 16.9. The summed E-state index contributed by atoms with van der Waals surface area (Å²) >= 11 is 3.05. The van der Waals surface area contributed by atoms with Crippen LogP contribution in [0.5, 0.6) is 0 Å². The monoisotopic (exact) mass is 447 g/mol. The molecule has 156 valence electrons. The van der Waals surface area contributed by atoms with Gasteiger partial charge in [-0.15, -0.1) is 11.3 Å². The number of carbonyl (C=O) groups excluding carboxylic acids is 1. The van der Waals surface area contributed by atoms with Crippen molar-refractivity contribution in [1.29, 1.82) is 0 Å². The Hall–Kier alpha value is -2.87. The Morgan fingerprint density at radius 2 is 1.68 bits per heavy atom. The third-order valence-corrected chi connectivity index (χ3v) is 7.45. The first-order chi connectivity index (χ1) is 15.2. The first-order valence-corrected chi connectivity index (χ1v) is 11.8. The van der Waals surface area contributed by atoms with Gasteiger partial charge in [0.25, 0.3) is 0 Å². The van der Waals surface area contributed by atoms with E-state index in [9.17, 15) is 4.79 Å². The predicted molar refractivity (Wildman–Crippen MR) is 127 cm³/mol. The van der Waals surface area contributed by atoms with Crippen LogP contribution in [0.25, 0.3) is 21.3 Å². The van der Waals surface area contributed by atoms with Crippen molar-refractivity contribution in [3.05, 3.63) is 83.9 Å². The fraction of sp³-hybridized carbons (Fsp3) is 0.167. The molecule has 1 atom stereocenters. The minimum Gasteiger partial charge on any atom is -0.449 e. The third kappa shape index (κ3) is 4.17. The van der Waals surface area contributed by atoms with Gasteiger partial charge >= 0.3 is 6.09 Å². The van der Waals surface area contributed by atoms with E-state index >= 15 is 0 Å². The Morgan fingerprint density at radius 3 is 2.39 bits per heavy atom. The van der Waals surface area contributed by atoms with E-state index in [0.717, 1.165) is 14.6 Å². The molecule has 0 bridgehead atoms. The van der Waals surface area contributed by atoms with Crippen LogP contribution in [0.4, 0.5) is 4.79 Å². The molecule has 31 heavy (non-hydrogen) atoms. The lowest BCUT2D eigenvalue weighted by Gasteiger charge is -2.15. The van der Waals surface area contributed by atoms with Crippen LogP contribution in [0, 0.1) is 0 Å². The molecule has 0 aliphatic heterocycles. The number of para-hydroxylation sites is 1. The van der Waals surface area contributed by atoms with Gasteiger partial charge in [0.2, 0.25) is 0 Å². The fourth-order valence-corrected chi connectivity index (χ4v) is 6.01. The van der Waals surface area contributed by atoms with Gasteiger partial charge in [0.15, 0.2) is 4.34 Å². The van der Waals surface area contributed by atoms with Crippen LogP contribution in [-0.2, 0) is 4.74 Å². The van der Waals surface area contributed by atoms with E-state index in [1.165, 1.54) is 34.0 Å². The van der Waals surface area contributed by atoms with E-state index in [1.807, 2.05) is 48.5 Å². The number of hydrogen-bond donors (Lipinski definition) is 2. The highest BCUT2D eigenvalue weighted by atomic mass is 32.2. The standard InChI is InChI=1S/C24H21N3O2S2/c25-22(31-24-27-20-11-5-6-12-21(20)30-24)13-26-23(28)29-14-19-17-9-3-1-7-15(17)16-8-2-4-10-18(16)19/h1-12,19,22H,13-14,25H2,(H,26,28)/t22-/m1/s1. The van der Waals surface area contributed by atoms with Crippen molar-refractivity contribution < 1.29 is 9.53 Å². The van der Waals surface area contributed by atoms with Crippen LogP contribution < -0.4 is 11.1 Å². The Labute approximate surface area is 188 Å². The molecule has 0 radical (unpaired) electrons. The number of amides is 1. The maximum atomic E-state index is 12.3. The number of rotatable bonds is 6. The maximum absolute atomic E-state index is 12.3. The molecule has 1 aliphatic carbocycles. The molecule has 5 nitrogen and oxygen atoms in total. The summed E-state index contributed by atoms with van der Waals surface area (Å²) in [5.74, 6) is 0.0453. The van der Waals surface area contributed by atoms with Crippen LogP contribution in [0.1, 0.15) is 17.0 Å². The van der Waals surface area contributed by atoms with Crippen molar-refractivity contribution in [3.63, 3.8) is 0 Å². The topological polar surface area (TPSA) is 77.2 Å². The zero-order valence-corrected chi connectivity index (χ0v) is 18.3. The van der Waals surface area contributed by atoms with Crippen molar-refractivity contribution in [2.24, 2.45) is 5.73 Å². The van der Waals surface area contributed by atoms with Gasteiger partial charge in [-0.25, -0.2) is 9.78 Å². The molecular weight excluding hydrogens is 426 g/mol. The summed E-state index contributed by atoms with van der Waals surface area (Å²) in [5, 5.41) is 2.47. The number of thiazole rings is 1. The molecule has 0 saturated heterocycles. The number of fused-ring (bicyclic) bond motifs is 4. The first-order valence-electron chi connectivity index (χ1n) is 10.1. The van der Waals surface area contributed by atoms with Gasteiger partial charge in [-0.3, -0.25) is 0 Å². The number of alkyl carbamates (subject to hydrolysis) is 1. The van der Waals surface area contributed by atoms with Crippen molar-refractivity contribution in [2.45, 2.75) is 15.6 Å². The Morgan fingerprint density at radius 1 is 1.03 bits per heavy atom. The predicted octanol–water partition coefficient (Wildman–Crippen LogP) is 5.21. The van der Waals surface area contributed by atoms with Crippen LogP contribution in [0.15, 0.2) is 77.1 Å². The molecule has 1 heterocycles. The minimum atomic E-state index is -0.456. The molecule has 3 aromatic carbocycles. The van der Waals surface area contributed by atoms with Gasteiger partial charge in [0.1, 0.15) is 6.61 Å². The molecule has 0 fully saturated rings. The molecule has 1 amide bonds. The quantitative estimate of drug-likeness (QED) is 0.313. The van der Waals surface area contributed by atoms with Crippen molar-refractivity contribution in [2.75, 3.05) is 13.2 Å². The van der Waals surface area contributed by atoms with Gasteiger partial charge in [0.05, 0.1) is 15.6 Å². The highest BCUT2D eigenvalue weighted by Gasteiger charge is 2.29. The largest absolute Gasteiger partial charge is 0.449 e. The highest BCUT2D eigenvalue weighted by molar-refractivity contribution is 8.01. The minimum absolute atomic E-state index is 0.0453. The zero-order chi connectivity index (χ0) is 21.2. The number of ether oxygens (including phenoxy) is 1. The summed E-state index contributed by atoms with van der Waals surface area (Å²) in [7, 11) is 0. The van der Waals surface area contributed by atoms with E-state index in [-0.39, 0.29) is 11.3 Å². The number of nitrogens with zero attached hydrogens (tertiary/aromatic N) is 1. The molecule has 0 unspecified atom stereocenters. The number of nitrogens with one attached hydrogen (secondary N) is 1. The number of thioether (sulfide) groups is 1. The summed E-state index contributed by atoms with van der Waals surface area (Å²) in [6.45, 7) is 0.595. The fourth-order valence-electron chi connectivity index (χ4n) is 3.91. The molecule has 5 rings (SSSR count). The average molecular weight is 448 g/mol. The molecule has 0 saturated carbocycles. The SMILES string of the molecule is N[C@@H](CNC(=O)OCC1c2ccccc2-c2ccccc21)Sc1nc2ccccc2s1. The van der Waals surface area contributed by atoms with E-state index in [1.54, 1.807) is 11.3 Å². The lowest BCUT2D eigenvalue weighted by Crippen LogP contribution is -2.36. The summed E-state index contributed by atoms with van der Waals surface area (Å²) in [6.07, 6.45) is -0.456. The van der Waals surface area contributed by atoms with Gasteiger partial charge in [-0.2, -0.15) is 0 Å². The summed E-state index contributed by atoms with van der Waals surface area (Å²) in [5.41, 5.74) is 12.0. The number of nitrogens with two attached hydrogens (primary N) is 1. The smallest absolute Gasteiger partial charge is 0.407 e. The lowest BCUT2D eigenvalue weighted by molar-refractivity contribution is 0.143. The van der Waals surface area contributed by atoms with Crippen LogP contribution in [-0.4, -0.2) is 29.6 Å². The van der Waals surface area contributed by atoms with Crippen LogP contribution in [0.3, 0.4) is 0 Å². The molecular formula is C24H21N3O2S2. The Kier molecular flexibility index (Phi) is 5.63. The first kappa shape index (κ1) is 20.1. The van der Waals surface area contributed by atoms with Crippen molar-refractivity contribution in [1.82, 2.24) is 10.3 Å². The molecule has 1 aliphatic rings. The van der Waals surface area contributed by atoms with Crippen molar-refractivity contribution >= 4 is 39.4 Å². The van der Waals surface area contributed by atoms with E-state index in [2.05, 4.69) is 34.6 Å². The second-order valence-electron chi connectivity index (χ2n) is 7.31. The third-order valence-electron chi connectivity index (χ3n) is 5.32. The van der Waals surface area contributed by atoms with Gasteiger partial charge in [-0.1, -0.05) is 72.4 Å². The maximum Gasteiger partial charge on any atom is 0.407 e. The average Bonchev–Trinajstić information content (AvgIpc) is 3.34. The molecule has 3 N–H and O–H groups in total. The second kappa shape index (κ2) is 8.70. The highest BCUT2D eigenvalue weighted by Crippen LogP contribution is 2.44. The zero-order valence-electron chi connectivity index (χ0n) is 16.7. The van der Waals surface area contributed by atoms with Crippen LogP contribution in [0.2, 0.25) is 0 Å². The summed E-state index contributed by atoms with van der Waals surface area (Å²) < 4.78 is 7.58. The Balaban J connectivity index is 1.16. The van der Waals surface area contributed by atoms with E-state index in [4.69, 9.17) is 10.5 Å². The Bertz CT molecular complexity index is 1160. The molecule has 1 aromatic heterocycles. The lowest BCUT2D eigenvalue weighted by atomic mass is 9.98. The number of hydrogen-bond acceptors (Lipinski definition) is 6. The molecule has 7 heteroatoms. The number of benzene rings is 3. The molecule has 0 spiro atoms. The van der Waals surface area contributed by atoms with Gasteiger partial charge in [-0.05, 0) is 34.4 Å². The van der Waals surface area contributed by atoms with E-state index in [0.29, 0.717) is 13.2 Å². The number of aromatic nitrogens is 1. The van der Waals surface area contributed by atoms with Crippen LogP contribution >= 0.6 is 23.1 Å². The van der Waals surface area contributed by atoms with Gasteiger partial charge < -0.3 is 15.8 Å². The van der Waals surface area contributed by atoms with Crippen molar-refractivity contribution in [3.8, 4) is 11.1 Å². The summed E-state index contributed by atoms with van der Waals surface area (Å²) in [6, 6.07) is 24.5.